The van der Waals surface area contributed by atoms with Crippen molar-refractivity contribution >= 4 is 121 Å². The quantitative estimate of drug-likeness (QED) is 0.0144. The Hall–Kier alpha value is -8.60. The highest BCUT2D eigenvalue weighted by molar-refractivity contribution is 7.85. The maximum atomic E-state index is 12.0. The third-order valence-corrected chi connectivity index (χ3v) is 9.81. The van der Waals surface area contributed by atoms with Gasteiger partial charge in [0.2, 0.25) is 17.8 Å². The molecule has 0 saturated carbocycles. The van der Waals surface area contributed by atoms with Gasteiger partial charge in [0, 0.05) is 12.1 Å². The summed E-state index contributed by atoms with van der Waals surface area (Å²) >= 11 is 12.9. The summed E-state index contributed by atoms with van der Waals surface area (Å²) < 4.78 is 37.7. The number of nitrogens with one attached hydrogen (secondary N) is 3. The first-order chi connectivity index (χ1) is 31.9. The predicted molar refractivity (Wildman–Crippen MR) is 234 cm³/mol. The van der Waals surface area contributed by atoms with Crippen LogP contribution in [-0.4, -0.2) is 118 Å². The second-order valence-corrected chi connectivity index (χ2v) is 15.8. The maximum absolute atomic E-state index is 12.0. The summed E-state index contributed by atoms with van der Waals surface area (Å²) in [5.74, 6) is -12.0. The number of carbonyl (C=O) groups is 6. The van der Waals surface area contributed by atoms with Crippen LogP contribution in [0.1, 0.15) is 54.3 Å². The molecule has 0 spiro atoms. The van der Waals surface area contributed by atoms with Crippen LogP contribution in [0.4, 0.5) is 52.0 Å². The number of aliphatic carboxylic acids is 2. The molecule has 27 nitrogen and oxygen atoms in total. The lowest BCUT2D eigenvalue weighted by atomic mass is 10.1. The van der Waals surface area contributed by atoms with Crippen LogP contribution in [-0.2, 0) is 19.7 Å². The fourth-order valence-corrected chi connectivity index (χ4v) is 6.25. The van der Waals surface area contributed by atoms with Gasteiger partial charge in [-0.3, -0.25) is 9.35 Å². The number of hydrogen-bond acceptors (Lipinski definition) is 20. The van der Waals surface area contributed by atoms with Crippen LogP contribution in [0.15, 0.2) is 81.1 Å². The number of anilines is 5. The van der Waals surface area contributed by atoms with E-state index in [1.807, 2.05) is 0 Å². The smallest absolute Gasteiger partial charge is 0.335 e. The zero-order chi connectivity index (χ0) is 50.0. The average Bonchev–Trinajstić information content (AvgIpc) is 3.24. The molecule has 1 heterocycles. The van der Waals surface area contributed by atoms with Gasteiger partial charge in [-0.15, -0.1) is 10.2 Å². The minimum atomic E-state index is -4.43. The van der Waals surface area contributed by atoms with Gasteiger partial charge in [0.25, 0.3) is 10.1 Å². The molecule has 0 aliphatic carbocycles. The molecule has 4 aromatic carbocycles. The van der Waals surface area contributed by atoms with Gasteiger partial charge in [0.05, 0.1) is 73.8 Å². The number of ether oxygens (including phenoxy) is 1. The minimum Gasteiger partial charge on any atom is -0.506 e. The van der Waals surface area contributed by atoms with Crippen molar-refractivity contribution in [2.24, 2.45) is 20.5 Å². The van der Waals surface area contributed by atoms with E-state index in [-0.39, 0.29) is 62.9 Å². The van der Waals surface area contributed by atoms with Crippen molar-refractivity contribution < 1.29 is 82.2 Å². The molecule has 0 aliphatic rings. The summed E-state index contributed by atoms with van der Waals surface area (Å²) in [4.78, 5) is 82.1. The van der Waals surface area contributed by atoms with Gasteiger partial charge in [-0.2, -0.15) is 33.6 Å². The highest BCUT2D eigenvalue weighted by atomic mass is 35.5. The first-order valence-electron chi connectivity index (χ1n) is 18.5. The van der Waals surface area contributed by atoms with Crippen molar-refractivity contribution in [1.82, 2.24) is 15.0 Å². The number of aromatic nitrogens is 3. The van der Waals surface area contributed by atoms with Gasteiger partial charge in [-0.1, -0.05) is 23.2 Å². The fraction of sp³-hybridized carbons (Fsp3) is 0.132. The number of phenolic OH excluding ortho intramolecular Hbond substituents is 1. The number of aromatic hydroxyl groups is 1. The standard InChI is InChI=1S/C38H30Cl2N10O17S/c39-21-10-25(28(51)12-23(21)49-47-19-6-15(31(54)55)4-16(7-19)32(56)57)41-36-44-37(46-38(45-36)43-27(35(62)63)14-30(52)53)42-26-11-22(40)24(13-29(26)67-2-1-3-68(64,65)66)50-48-20-8-17(33(58)59)5-18(9-20)34(60)61/h4-13,27,51H,1-3,14H2,(H,52,53)(H,54,55)(H,56,57)(H,58,59)(H,60,61)(H,62,63)(H,64,65,66)(H3,41,42,43,44,45,46). The van der Waals surface area contributed by atoms with Gasteiger partial charge in [-0.05, 0) is 55.0 Å². The van der Waals surface area contributed by atoms with Crippen molar-refractivity contribution in [3.05, 3.63) is 93.0 Å². The van der Waals surface area contributed by atoms with E-state index in [4.69, 9.17) is 27.9 Å². The molecule has 1 atom stereocenters. The van der Waals surface area contributed by atoms with Crippen molar-refractivity contribution in [2.45, 2.75) is 18.9 Å². The van der Waals surface area contributed by atoms with Crippen LogP contribution in [0, 0.1) is 0 Å². The molecule has 354 valence electrons. The van der Waals surface area contributed by atoms with Crippen molar-refractivity contribution in [3.63, 3.8) is 0 Å². The van der Waals surface area contributed by atoms with Crippen LogP contribution in [0.2, 0.25) is 10.0 Å². The normalized spacial score (nSPS) is 11.8. The summed E-state index contributed by atoms with van der Waals surface area (Å²) in [5.41, 5.74) is -2.80. The number of rotatable bonds is 22. The van der Waals surface area contributed by atoms with Gasteiger partial charge < -0.3 is 56.4 Å². The molecule has 11 N–H and O–H groups in total. The lowest BCUT2D eigenvalue weighted by Gasteiger charge is -2.17. The highest BCUT2D eigenvalue weighted by Crippen LogP contribution is 2.40. The highest BCUT2D eigenvalue weighted by Gasteiger charge is 2.24. The SMILES string of the molecule is O=C(O)CC(Nc1nc(Nc2cc(Cl)c(N=Nc3cc(C(=O)O)cc(C(=O)O)c3)cc2O)nc(Nc2cc(Cl)c(N=Nc3cc(C(=O)O)cc(C(=O)O)c3)cc2OCCCS(=O)(=O)O)n1)C(=O)O. The molecule has 0 amide bonds. The zero-order valence-electron chi connectivity index (χ0n) is 33.7. The van der Waals surface area contributed by atoms with Gasteiger partial charge >= 0.3 is 35.8 Å². The third-order valence-electron chi connectivity index (χ3n) is 8.40. The zero-order valence-corrected chi connectivity index (χ0v) is 36.1. The Morgan fingerprint density at radius 1 is 0.618 bits per heavy atom. The largest absolute Gasteiger partial charge is 0.506 e. The molecule has 1 aromatic heterocycles. The lowest BCUT2D eigenvalue weighted by Crippen LogP contribution is -2.32. The van der Waals surface area contributed by atoms with E-state index in [0.717, 1.165) is 60.7 Å². The number of carboxylic acid groups (broad SMARTS) is 6. The van der Waals surface area contributed by atoms with Gasteiger partial charge in [0.15, 0.2) is 0 Å². The number of carboxylic acids is 6. The molecule has 30 heteroatoms. The molecular weight excluding hydrogens is 971 g/mol. The molecule has 0 saturated heterocycles. The van der Waals surface area contributed by atoms with Crippen LogP contribution < -0.4 is 20.7 Å². The van der Waals surface area contributed by atoms with Crippen LogP contribution in [0.25, 0.3) is 0 Å². The Kier molecular flexibility index (Phi) is 16.0. The monoisotopic (exact) mass is 1000 g/mol. The van der Waals surface area contributed by atoms with Crippen molar-refractivity contribution in [1.29, 1.82) is 0 Å². The summed E-state index contributed by atoms with van der Waals surface area (Å²) in [6.45, 7) is -0.380. The summed E-state index contributed by atoms with van der Waals surface area (Å²) in [7, 11) is -4.43. The van der Waals surface area contributed by atoms with Crippen LogP contribution in [0.3, 0.4) is 0 Å². The summed E-state index contributed by atoms with van der Waals surface area (Å²) in [6.07, 6.45) is -1.23. The molecule has 0 fully saturated rings. The van der Waals surface area contributed by atoms with Crippen molar-refractivity contribution in [2.75, 3.05) is 28.3 Å². The van der Waals surface area contributed by atoms with Crippen LogP contribution in [0.5, 0.6) is 11.5 Å². The second-order valence-electron chi connectivity index (χ2n) is 13.5. The Morgan fingerprint density at radius 3 is 1.50 bits per heavy atom. The number of hydrogen-bond donors (Lipinski definition) is 11. The molecule has 0 bridgehead atoms. The van der Waals surface area contributed by atoms with Crippen LogP contribution >= 0.6 is 23.2 Å². The Morgan fingerprint density at radius 2 is 1.06 bits per heavy atom. The molecule has 0 radical (unpaired) electrons. The molecule has 68 heavy (non-hydrogen) atoms. The number of phenols is 1. The summed E-state index contributed by atoms with van der Waals surface area (Å²) in [5, 5.41) is 90.5. The number of azo groups is 2. The summed E-state index contributed by atoms with van der Waals surface area (Å²) in [6, 6.07) is 8.49. The second kappa shape index (κ2) is 21.6. The van der Waals surface area contributed by atoms with E-state index in [9.17, 15) is 77.5 Å². The van der Waals surface area contributed by atoms with E-state index < -0.39 is 110 Å². The van der Waals surface area contributed by atoms with Crippen molar-refractivity contribution in [3.8, 4) is 11.5 Å². The molecule has 0 aliphatic heterocycles. The fourth-order valence-electron chi connectivity index (χ4n) is 5.37. The Bertz CT molecular complexity index is 2980. The molecule has 5 rings (SSSR count). The number of aromatic carboxylic acids is 4. The first kappa shape index (κ1) is 50.4. The number of nitrogens with zero attached hydrogens (tertiary/aromatic N) is 7. The lowest BCUT2D eigenvalue weighted by molar-refractivity contribution is -0.144. The third kappa shape index (κ3) is 14.2. The Balaban J connectivity index is 1.54. The van der Waals surface area contributed by atoms with Gasteiger partial charge in [0.1, 0.15) is 28.9 Å². The van der Waals surface area contributed by atoms with E-state index in [1.54, 1.807) is 0 Å². The average molecular weight is 1000 g/mol. The van der Waals surface area contributed by atoms with E-state index in [0.29, 0.717) is 0 Å². The number of halogens is 2. The molecule has 1 unspecified atom stereocenters. The minimum absolute atomic E-state index is 0.116. The maximum Gasteiger partial charge on any atom is 0.335 e. The van der Waals surface area contributed by atoms with E-state index >= 15 is 0 Å². The molecular formula is C38H30Cl2N10O17S. The Labute approximate surface area is 389 Å². The van der Waals surface area contributed by atoms with E-state index in [2.05, 4.69) is 51.4 Å². The topological polar surface area (TPSA) is 432 Å². The van der Waals surface area contributed by atoms with E-state index in [1.165, 1.54) is 0 Å². The van der Waals surface area contributed by atoms with Gasteiger partial charge in [-0.25, -0.2) is 24.0 Å². The molecule has 5 aromatic rings. The first-order valence-corrected chi connectivity index (χ1v) is 20.8. The predicted octanol–water partition coefficient (Wildman–Crippen LogP) is 6.99. The number of benzene rings is 4.